The van der Waals surface area contributed by atoms with E-state index in [0.717, 1.165) is 12.1 Å². The van der Waals surface area contributed by atoms with E-state index in [9.17, 15) is 0 Å². The summed E-state index contributed by atoms with van der Waals surface area (Å²) in [7, 11) is 0. The van der Waals surface area contributed by atoms with Crippen LogP contribution in [-0.2, 0) is 6.54 Å². The van der Waals surface area contributed by atoms with E-state index in [1.54, 1.807) is 6.07 Å². The third kappa shape index (κ3) is 3.06. The molecular formula is C19H17Cl2N. The Hall–Kier alpha value is -1.70. The Labute approximate surface area is 141 Å². The highest BCUT2D eigenvalue weighted by atomic mass is 35.5. The fourth-order valence-corrected chi connectivity index (χ4v) is 3.34. The molecule has 0 N–H and O–H groups in total. The summed E-state index contributed by atoms with van der Waals surface area (Å²) >= 11 is 12.3. The standard InChI is InChI=1S/C19H17Cl2N/c1-13-8-19(16-9-17(20)11-18(21)10-16)14(2)22(13)12-15-6-4-3-5-7-15/h3-11H,12H2,1-2H3. The molecule has 112 valence electrons. The summed E-state index contributed by atoms with van der Waals surface area (Å²) in [5.41, 5.74) is 5.98. The Kier molecular flexibility index (Phi) is 4.28. The summed E-state index contributed by atoms with van der Waals surface area (Å²) in [5, 5.41) is 1.32. The summed E-state index contributed by atoms with van der Waals surface area (Å²) in [6.07, 6.45) is 0. The Morgan fingerprint density at radius 1 is 0.864 bits per heavy atom. The Balaban J connectivity index is 2.03. The van der Waals surface area contributed by atoms with Crippen molar-refractivity contribution in [2.75, 3.05) is 0 Å². The molecule has 0 saturated carbocycles. The lowest BCUT2D eigenvalue weighted by molar-refractivity contribution is 0.750. The number of aryl methyl sites for hydroxylation is 1. The molecular weight excluding hydrogens is 313 g/mol. The van der Waals surface area contributed by atoms with Crippen LogP contribution in [0.15, 0.2) is 54.6 Å². The van der Waals surface area contributed by atoms with Gasteiger partial charge in [0.25, 0.3) is 0 Å². The van der Waals surface area contributed by atoms with Crippen molar-refractivity contribution < 1.29 is 0 Å². The fourth-order valence-electron chi connectivity index (χ4n) is 2.81. The highest BCUT2D eigenvalue weighted by Gasteiger charge is 2.12. The van der Waals surface area contributed by atoms with Crippen LogP contribution in [0.1, 0.15) is 17.0 Å². The molecule has 0 aliphatic rings. The number of hydrogen-bond acceptors (Lipinski definition) is 0. The van der Waals surface area contributed by atoms with Gasteiger partial charge in [0.1, 0.15) is 0 Å². The first-order chi connectivity index (χ1) is 10.5. The first kappa shape index (κ1) is 15.2. The second-order valence-electron chi connectivity index (χ2n) is 5.51. The topological polar surface area (TPSA) is 4.93 Å². The molecule has 0 aliphatic carbocycles. The van der Waals surface area contributed by atoms with Gasteiger partial charge in [0, 0.05) is 33.5 Å². The lowest BCUT2D eigenvalue weighted by Gasteiger charge is -2.10. The van der Waals surface area contributed by atoms with Crippen molar-refractivity contribution in [2.24, 2.45) is 0 Å². The second kappa shape index (κ2) is 6.20. The van der Waals surface area contributed by atoms with Crippen molar-refractivity contribution in [3.8, 4) is 11.1 Å². The third-order valence-corrected chi connectivity index (χ3v) is 4.37. The van der Waals surface area contributed by atoms with Crippen LogP contribution in [0.2, 0.25) is 10.0 Å². The fraction of sp³-hybridized carbons (Fsp3) is 0.158. The minimum atomic E-state index is 0.662. The lowest BCUT2D eigenvalue weighted by atomic mass is 10.1. The first-order valence-electron chi connectivity index (χ1n) is 7.22. The van der Waals surface area contributed by atoms with E-state index >= 15 is 0 Å². The summed E-state index contributed by atoms with van der Waals surface area (Å²) in [5.74, 6) is 0. The second-order valence-corrected chi connectivity index (χ2v) is 6.39. The molecule has 0 bridgehead atoms. The molecule has 3 rings (SSSR count). The van der Waals surface area contributed by atoms with E-state index < -0.39 is 0 Å². The van der Waals surface area contributed by atoms with Crippen molar-refractivity contribution in [3.05, 3.63) is 81.6 Å². The molecule has 3 aromatic rings. The van der Waals surface area contributed by atoms with Crippen LogP contribution in [0, 0.1) is 13.8 Å². The zero-order valence-corrected chi connectivity index (χ0v) is 14.1. The Morgan fingerprint density at radius 3 is 2.14 bits per heavy atom. The molecule has 1 aromatic heterocycles. The predicted octanol–water partition coefficient (Wildman–Crippen LogP) is 6.13. The molecule has 0 amide bonds. The average Bonchev–Trinajstić information content (AvgIpc) is 2.75. The number of halogens is 2. The van der Waals surface area contributed by atoms with Crippen molar-refractivity contribution in [2.45, 2.75) is 20.4 Å². The van der Waals surface area contributed by atoms with Gasteiger partial charge in [-0.2, -0.15) is 0 Å². The molecule has 0 spiro atoms. The van der Waals surface area contributed by atoms with Gasteiger partial charge in [0.15, 0.2) is 0 Å². The normalized spacial score (nSPS) is 10.9. The summed E-state index contributed by atoms with van der Waals surface area (Å²) in [6, 6.07) is 18.4. The molecule has 0 fully saturated rings. The molecule has 3 heteroatoms. The molecule has 0 aliphatic heterocycles. The number of hydrogen-bond donors (Lipinski definition) is 0. The molecule has 0 unspecified atom stereocenters. The molecule has 1 heterocycles. The number of benzene rings is 2. The molecule has 1 nitrogen and oxygen atoms in total. The first-order valence-corrected chi connectivity index (χ1v) is 7.97. The summed E-state index contributed by atoms with van der Waals surface area (Å²) in [6.45, 7) is 5.14. The predicted molar refractivity (Wildman–Crippen MR) is 94.9 cm³/mol. The SMILES string of the molecule is Cc1cc(-c2cc(Cl)cc(Cl)c2)c(C)n1Cc1ccccc1. The number of rotatable bonds is 3. The Morgan fingerprint density at radius 2 is 1.50 bits per heavy atom. The van der Waals surface area contributed by atoms with Gasteiger partial charge in [-0.05, 0) is 49.2 Å². The maximum Gasteiger partial charge on any atom is 0.0475 e. The van der Waals surface area contributed by atoms with Gasteiger partial charge in [0.05, 0.1) is 0 Å². The Bertz CT molecular complexity index is 784. The van der Waals surface area contributed by atoms with Crippen LogP contribution < -0.4 is 0 Å². The maximum atomic E-state index is 6.14. The van der Waals surface area contributed by atoms with Crippen LogP contribution in [0.25, 0.3) is 11.1 Å². The van der Waals surface area contributed by atoms with Gasteiger partial charge in [-0.3, -0.25) is 0 Å². The van der Waals surface area contributed by atoms with Gasteiger partial charge in [0.2, 0.25) is 0 Å². The van der Waals surface area contributed by atoms with Gasteiger partial charge in [-0.25, -0.2) is 0 Å². The highest BCUT2D eigenvalue weighted by molar-refractivity contribution is 6.35. The molecule has 2 aromatic carbocycles. The maximum absolute atomic E-state index is 6.14. The quantitative estimate of drug-likeness (QED) is 0.544. The van der Waals surface area contributed by atoms with E-state index in [1.807, 2.05) is 18.2 Å². The van der Waals surface area contributed by atoms with Crippen molar-refractivity contribution in [1.29, 1.82) is 0 Å². The van der Waals surface area contributed by atoms with E-state index in [4.69, 9.17) is 23.2 Å². The van der Waals surface area contributed by atoms with Crippen molar-refractivity contribution >= 4 is 23.2 Å². The van der Waals surface area contributed by atoms with E-state index in [0.29, 0.717) is 10.0 Å². The van der Waals surface area contributed by atoms with E-state index in [1.165, 1.54) is 22.5 Å². The zero-order valence-electron chi connectivity index (χ0n) is 12.6. The minimum Gasteiger partial charge on any atom is -0.344 e. The summed E-state index contributed by atoms with van der Waals surface area (Å²) < 4.78 is 2.32. The highest BCUT2D eigenvalue weighted by Crippen LogP contribution is 2.31. The van der Waals surface area contributed by atoms with E-state index in [2.05, 4.69) is 48.7 Å². The van der Waals surface area contributed by atoms with Crippen LogP contribution >= 0.6 is 23.2 Å². The van der Waals surface area contributed by atoms with Gasteiger partial charge < -0.3 is 4.57 Å². The number of aromatic nitrogens is 1. The largest absolute Gasteiger partial charge is 0.344 e. The van der Waals surface area contributed by atoms with Crippen LogP contribution in [0.3, 0.4) is 0 Å². The minimum absolute atomic E-state index is 0.662. The van der Waals surface area contributed by atoms with Crippen LogP contribution in [-0.4, -0.2) is 4.57 Å². The molecule has 0 radical (unpaired) electrons. The average molecular weight is 330 g/mol. The third-order valence-electron chi connectivity index (χ3n) is 3.93. The van der Waals surface area contributed by atoms with Crippen LogP contribution in [0.4, 0.5) is 0 Å². The zero-order chi connectivity index (χ0) is 15.7. The molecule has 0 saturated heterocycles. The monoisotopic (exact) mass is 329 g/mol. The van der Waals surface area contributed by atoms with Crippen molar-refractivity contribution in [1.82, 2.24) is 4.57 Å². The molecule has 0 atom stereocenters. The molecule has 22 heavy (non-hydrogen) atoms. The summed E-state index contributed by atoms with van der Waals surface area (Å²) in [4.78, 5) is 0. The van der Waals surface area contributed by atoms with Gasteiger partial charge in [-0.1, -0.05) is 53.5 Å². The van der Waals surface area contributed by atoms with Gasteiger partial charge in [-0.15, -0.1) is 0 Å². The smallest absolute Gasteiger partial charge is 0.0475 e. The lowest BCUT2D eigenvalue weighted by Crippen LogP contribution is -2.03. The van der Waals surface area contributed by atoms with Crippen LogP contribution in [0.5, 0.6) is 0 Å². The van der Waals surface area contributed by atoms with Gasteiger partial charge >= 0.3 is 0 Å². The van der Waals surface area contributed by atoms with E-state index in [-0.39, 0.29) is 0 Å². The van der Waals surface area contributed by atoms with Crippen molar-refractivity contribution in [3.63, 3.8) is 0 Å². The number of nitrogens with zero attached hydrogens (tertiary/aromatic N) is 1.